The number of anilines is 4. The van der Waals surface area contributed by atoms with Crippen molar-refractivity contribution in [3.8, 4) is 5.75 Å². The molecule has 2 N–H and O–H groups in total. The Kier molecular flexibility index (Phi) is 5.49. The first-order valence-electron chi connectivity index (χ1n) is 9.64. The highest BCUT2D eigenvalue weighted by molar-refractivity contribution is 6.05. The number of rotatable bonds is 6. The summed E-state index contributed by atoms with van der Waals surface area (Å²) in [6.07, 6.45) is 1.72. The topological polar surface area (TPSA) is 90.8 Å². The average molecular weight is 405 g/mol. The van der Waals surface area contributed by atoms with Crippen molar-refractivity contribution in [2.24, 2.45) is 0 Å². The second kappa shape index (κ2) is 8.38. The molecule has 0 fully saturated rings. The fourth-order valence-corrected chi connectivity index (χ4v) is 3.33. The Morgan fingerprint density at radius 2 is 1.90 bits per heavy atom. The molecule has 1 atom stereocenters. The van der Waals surface area contributed by atoms with Gasteiger partial charge in [-0.15, -0.1) is 0 Å². The molecule has 1 aromatic heterocycles. The molecule has 1 aliphatic rings. The molecule has 30 heavy (non-hydrogen) atoms. The van der Waals surface area contributed by atoms with Crippen LogP contribution in [0.2, 0.25) is 0 Å². The van der Waals surface area contributed by atoms with Crippen LogP contribution >= 0.6 is 0 Å². The molecule has 0 unspecified atom stereocenters. The van der Waals surface area contributed by atoms with Crippen LogP contribution in [0.15, 0.2) is 60.8 Å². The maximum atomic E-state index is 13.3. The van der Waals surface area contributed by atoms with Gasteiger partial charge < -0.3 is 15.2 Å². The maximum absolute atomic E-state index is 13.3. The summed E-state index contributed by atoms with van der Waals surface area (Å²) in [6, 6.07) is 16.1. The number of carbonyl (C=O) groups is 1. The van der Waals surface area contributed by atoms with E-state index in [1.54, 1.807) is 37.3 Å². The third kappa shape index (κ3) is 3.77. The van der Waals surface area contributed by atoms with Gasteiger partial charge in [0.05, 0.1) is 26.3 Å². The number of aliphatic hydroxyl groups excluding tert-OH is 1. The molecule has 0 spiro atoms. The molecule has 154 valence electrons. The van der Waals surface area contributed by atoms with E-state index in [2.05, 4.69) is 15.3 Å². The van der Waals surface area contributed by atoms with Crippen molar-refractivity contribution < 1.29 is 14.6 Å². The Morgan fingerprint density at radius 3 is 2.57 bits per heavy atom. The first-order chi connectivity index (χ1) is 14.6. The number of methoxy groups -OCH3 is 1. The van der Waals surface area contributed by atoms with Gasteiger partial charge in [0, 0.05) is 23.1 Å². The summed E-state index contributed by atoms with van der Waals surface area (Å²) < 4.78 is 5.20. The van der Waals surface area contributed by atoms with E-state index in [1.807, 2.05) is 42.5 Å². The van der Waals surface area contributed by atoms with Crippen LogP contribution in [0.3, 0.4) is 0 Å². The van der Waals surface area contributed by atoms with Crippen molar-refractivity contribution in [3.63, 3.8) is 0 Å². The van der Waals surface area contributed by atoms with Crippen LogP contribution in [0.4, 0.5) is 27.9 Å². The number of amides is 2. The fraction of sp³-hybridized carbons (Fsp3) is 0.227. The number of nitrogens with zero attached hydrogens (tertiary/aromatic N) is 4. The number of urea groups is 1. The minimum Gasteiger partial charge on any atom is -0.497 e. The molecule has 0 saturated heterocycles. The first-order valence-corrected chi connectivity index (χ1v) is 9.64. The second-order valence-electron chi connectivity index (χ2n) is 7.00. The molecule has 3 aromatic rings. The molecule has 8 nitrogen and oxygen atoms in total. The smallest absolute Gasteiger partial charge is 0.330 e. The molecule has 2 amide bonds. The van der Waals surface area contributed by atoms with Gasteiger partial charge in [-0.3, -0.25) is 9.80 Å². The summed E-state index contributed by atoms with van der Waals surface area (Å²) in [5.41, 5.74) is 2.37. The van der Waals surface area contributed by atoms with Crippen molar-refractivity contribution >= 4 is 29.2 Å². The Hall–Kier alpha value is -3.65. The number of fused-ring (bicyclic) bond motifs is 1. The van der Waals surface area contributed by atoms with Gasteiger partial charge in [0.25, 0.3) is 0 Å². The standard InChI is InChI=1S/C22H23N5O3/c1-15(14-28)27-20-16(12-23-21(25-20)24-17-6-4-3-5-7-17)13-26(22(27)29)18-8-10-19(30-2)11-9-18/h3-12,15,28H,13-14H2,1-2H3,(H,23,24,25)/t15-/m1/s1. The summed E-state index contributed by atoms with van der Waals surface area (Å²) in [4.78, 5) is 25.5. The van der Waals surface area contributed by atoms with Crippen molar-refractivity contribution in [2.45, 2.75) is 19.5 Å². The molecular weight excluding hydrogens is 382 g/mol. The number of benzene rings is 2. The predicted octanol–water partition coefficient (Wildman–Crippen LogP) is 3.56. The van der Waals surface area contributed by atoms with E-state index < -0.39 is 6.04 Å². The Bertz CT molecular complexity index is 1030. The molecule has 0 aliphatic carbocycles. The lowest BCUT2D eigenvalue weighted by Gasteiger charge is -2.38. The number of hydrogen-bond donors (Lipinski definition) is 2. The summed E-state index contributed by atoms with van der Waals surface area (Å²) >= 11 is 0. The number of para-hydroxylation sites is 1. The number of carbonyl (C=O) groups excluding carboxylic acids is 1. The van der Waals surface area contributed by atoms with Crippen molar-refractivity contribution in [1.82, 2.24) is 9.97 Å². The van der Waals surface area contributed by atoms with Crippen LogP contribution in [0, 0.1) is 0 Å². The van der Waals surface area contributed by atoms with Crippen LogP contribution < -0.4 is 19.9 Å². The minimum atomic E-state index is -0.447. The van der Waals surface area contributed by atoms with E-state index in [-0.39, 0.29) is 12.6 Å². The summed E-state index contributed by atoms with van der Waals surface area (Å²) in [7, 11) is 1.60. The molecule has 8 heteroatoms. The van der Waals surface area contributed by atoms with Gasteiger partial charge in [-0.2, -0.15) is 4.98 Å². The zero-order chi connectivity index (χ0) is 21.1. The molecule has 2 heterocycles. The minimum absolute atomic E-state index is 0.187. The number of aliphatic hydroxyl groups is 1. The molecular formula is C22H23N5O3. The Morgan fingerprint density at radius 1 is 1.17 bits per heavy atom. The van der Waals surface area contributed by atoms with E-state index >= 15 is 0 Å². The van der Waals surface area contributed by atoms with E-state index in [9.17, 15) is 9.90 Å². The van der Waals surface area contributed by atoms with Gasteiger partial charge >= 0.3 is 6.03 Å². The number of ether oxygens (including phenoxy) is 1. The monoisotopic (exact) mass is 405 g/mol. The normalized spacial score (nSPS) is 14.3. The van der Waals surface area contributed by atoms with E-state index in [0.29, 0.717) is 24.1 Å². The van der Waals surface area contributed by atoms with Crippen LogP contribution in [0.5, 0.6) is 5.75 Å². The van der Waals surface area contributed by atoms with Crippen LogP contribution in [-0.4, -0.2) is 40.9 Å². The van der Waals surface area contributed by atoms with Gasteiger partial charge in [0.2, 0.25) is 5.95 Å². The van der Waals surface area contributed by atoms with Gasteiger partial charge in [-0.05, 0) is 43.3 Å². The van der Waals surface area contributed by atoms with Gasteiger partial charge in [0.1, 0.15) is 11.6 Å². The highest BCUT2D eigenvalue weighted by atomic mass is 16.5. The van der Waals surface area contributed by atoms with Crippen molar-refractivity contribution in [2.75, 3.05) is 28.8 Å². The number of hydrogen-bond acceptors (Lipinski definition) is 6. The third-order valence-corrected chi connectivity index (χ3v) is 4.95. The maximum Gasteiger partial charge on any atom is 0.330 e. The van der Waals surface area contributed by atoms with Crippen molar-refractivity contribution in [3.05, 3.63) is 66.4 Å². The number of aromatic nitrogens is 2. The number of nitrogens with one attached hydrogen (secondary N) is 1. The predicted molar refractivity (Wildman–Crippen MR) is 115 cm³/mol. The SMILES string of the molecule is COc1ccc(N2Cc3cnc(Nc4ccccc4)nc3N([C@H](C)CO)C2=O)cc1. The average Bonchev–Trinajstić information content (AvgIpc) is 2.79. The highest BCUT2D eigenvalue weighted by Crippen LogP contribution is 2.33. The first kappa shape index (κ1) is 19.7. The molecule has 4 rings (SSSR count). The van der Waals surface area contributed by atoms with Crippen molar-refractivity contribution in [1.29, 1.82) is 0 Å². The van der Waals surface area contributed by atoms with Crippen LogP contribution in [0.25, 0.3) is 0 Å². The quantitative estimate of drug-likeness (QED) is 0.652. The molecule has 1 aliphatic heterocycles. The lowest BCUT2D eigenvalue weighted by molar-refractivity contribution is 0.234. The summed E-state index contributed by atoms with van der Waals surface area (Å²) in [5.74, 6) is 1.60. The van der Waals surface area contributed by atoms with E-state index in [0.717, 1.165) is 16.9 Å². The van der Waals surface area contributed by atoms with Gasteiger partial charge in [0.15, 0.2) is 0 Å². The van der Waals surface area contributed by atoms with E-state index in [1.165, 1.54) is 4.90 Å². The third-order valence-electron chi connectivity index (χ3n) is 4.95. The Balaban J connectivity index is 1.70. The molecule has 0 bridgehead atoms. The Labute approximate surface area is 174 Å². The highest BCUT2D eigenvalue weighted by Gasteiger charge is 2.35. The lowest BCUT2D eigenvalue weighted by atomic mass is 10.1. The van der Waals surface area contributed by atoms with Crippen LogP contribution in [0.1, 0.15) is 12.5 Å². The molecule has 0 radical (unpaired) electrons. The fourth-order valence-electron chi connectivity index (χ4n) is 3.33. The second-order valence-corrected chi connectivity index (χ2v) is 7.00. The molecule has 0 saturated carbocycles. The lowest BCUT2D eigenvalue weighted by Crippen LogP contribution is -2.52. The summed E-state index contributed by atoms with van der Waals surface area (Å²) in [6.45, 7) is 1.93. The van der Waals surface area contributed by atoms with Gasteiger partial charge in [-0.1, -0.05) is 18.2 Å². The summed E-state index contributed by atoms with van der Waals surface area (Å²) in [5, 5.41) is 12.9. The van der Waals surface area contributed by atoms with Gasteiger partial charge in [-0.25, -0.2) is 9.78 Å². The largest absolute Gasteiger partial charge is 0.497 e. The zero-order valence-corrected chi connectivity index (χ0v) is 16.8. The zero-order valence-electron chi connectivity index (χ0n) is 16.8. The van der Waals surface area contributed by atoms with E-state index in [4.69, 9.17) is 4.74 Å². The molecule has 2 aromatic carbocycles. The van der Waals surface area contributed by atoms with Crippen LogP contribution in [-0.2, 0) is 6.54 Å².